The van der Waals surface area contributed by atoms with Gasteiger partial charge in [-0.3, -0.25) is 4.79 Å². The minimum Gasteiger partial charge on any atom is -0.330 e. The van der Waals surface area contributed by atoms with Gasteiger partial charge in [-0.1, -0.05) is 29.8 Å². The normalized spacial score (nSPS) is 15.1. The summed E-state index contributed by atoms with van der Waals surface area (Å²) in [5.41, 5.74) is 2.02. The van der Waals surface area contributed by atoms with Crippen molar-refractivity contribution in [2.24, 2.45) is 0 Å². The van der Waals surface area contributed by atoms with Gasteiger partial charge in [-0.05, 0) is 25.3 Å². The summed E-state index contributed by atoms with van der Waals surface area (Å²) in [4.78, 5) is 12.7. The van der Waals surface area contributed by atoms with Crippen LogP contribution in [0.4, 0.5) is 8.78 Å². The van der Waals surface area contributed by atoms with Crippen LogP contribution in [0.25, 0.3) is 0 Å². The first-order valence-corrected chi connectivity index (χ1v) is 5.72. The second-order valence-corrected chi connectivity index (χ2v) is 4.48. The fraction of sp³-hybridized carbons (Fsp3) is 0.462. The Labute approximate surface area is 99.2 Å². The number of amides is 1. The predicted molar refractivity (Wildman–Crippen MR) is 60.8 cm³/mol. The Morgan fingerprint density at radius 3 is 2.41 bits per heavy atom. The zero-order valence-corrected chi connectivity index (χ0v) is 9.70. The Balaban J connectivity index is 2.07. The standard InChI is InChI=1S/C13H15F2NO/c1-9-2-4-10(5-3-9)8-16(11-6-7-11)13(17)12(14)15/h2-5,11-12H,6-8H2,1H3. The molecule has 1 aliphatic carbocycles. The molecule has 1 saturated carbocycles. The van der Waals surface area contributed by atoms with Crippen LogP contribution in [0.2, 0.25) is 0 Å². The third-order valence-electron chi connectivity index (χ3n) is 2.93. The van der Waals surface area contributed by atoms with Gasteiger partial charge in [-0.25, -0.2) is 0 Å². The molecule has 0 unspecified atom stereocenters. The van der Waals surface area contributed by atoms with Gasteiger partial charge in [0.05, 0.1) is 0 Å². The lowest BCUT2D eigenvalue weighted by Gasteiger charge is -2.22. The smallest absolute Gasteiger partial charge is 0.315 e. The summed E-state index contributed by atoms with van der Waals surface area (Å²) in [5.74, 6) is -1.05. The van der Waals surface area contributed by atoms with Crippen LogP contribution in [-0.4, -0.2) is 23.3 Å². The maximum atomic E-state index is 12.4. The molecule has 0 saturated heterocycles. The first kappa shape index (κ1) is 12.0. The van der Waals surface area contributed by atoms with E-state index in [1.807, 2.05) is 31.2 Å². The van der Waals surface area contributed by atoms with Crippen molar-refractivity contribution in [3.05, 3.63) is 35.4 Å². The van der Waals surface area contributed by atoms with E-state index in [0.29, 0.717) is 0 Å². The zero-order chi connectivity index (χ0) is 12.4. The molecule has 17 heavy (non-hydrogen) atoms. The molecule has 0 aliphatic heterocycles. The molecule has 1 amide bonds. The second-order valence-electron chi connectivity index (χ2n) is 4.48. The molecule has 2 rings (SSSR count). The number of benzene rings is 1. The Bertz CT molecular complexity index is 398. The van der Waals surface area contributed by atoms with Gasteiger partial charge < -0.3 is 4.90 Å². The van der Waals surface area contributed by atoms with Crippen molar-refractivity contribution < 1.29 is 13.6 Å². The predicted octanol–water partition coefficient (Wildman–Crippen LogP) is 2.75. The summed E-state index contributed by atoms with van der Waals surface area (Å²) in [6.45, 7) is 2.25. The lowest BCUT2D eigenvalue weighted by molar-refractivity contribution is -0.144. The molecule has 1 aromatic rings. The Hall–Kier alpha value is -1.45. The van der Waals surface area contributed by atoms with Crippen LogP contribution in [0.1, 0.15) is 24.0 Å². The van der Waals surface area contributed by atoms with Gasteiger partial charge in [0.15, 0.2) is 0 Å². The van der Waals surface area contributed by atoms with Crippen LogP contribution < -0.4 is 0 Å². The molecule has 0 radical (unpaired) electrons. The minimum atomic E-state index is -2.90. The molecule has 92 valence electrons. The molecule has 0 bridgehead atoms. The van der Waals surface area contributed by atoms with E-state index in [2.05, 4.69) is 0 Å². The van der Waals surface area contributed by atoms with E-state index in [1.54, 1.807) is 0 Å². The molecule has 1 aromatic carbocycles. The Morgan fingerprint density at radius 2 is 1.94 bits per heavy atom. The van der Waals surface area contributed by atoms with E-state index in [0.717, 1.165) is 24.0 Å². The van der Waals surface area contributed by atoms with Crippen LogP contribution in [0.3, 0.4) is 0 Å². The van der Waals surface area contributed by atoms with Gasteiger partial charge in [-0.15, -0.1) is 0 Å². The lowest BCUT2D eigenvalue weighted by atomic mass is 10.1. The highest BCUT2D eigenvalue weighted by atomic mass is 19.3. The molecule has 0 spiro atoms. The van der Waals surface area contributed by atoms with Gasteiger partial charge in [-0.2, -0.15) is 8.78 Å². The summed E-state index contributed by atoms with van der Waals surface area (Å²) >= 11 is 0. The van der Waals surface area contributed by atoms with Crippen molar-refractivity contribution in [2.75, 3.05) is 0 Å². The highest BCUT2D eigenvalue weighted by Crippen LogP contribution is 2.29. The number of alkyl halides is 2. The fourth-order valence-electron chi connectivity index (χ4n) is 1.79. The van der Waals surface area contributed by atoms with Gasteiger partial charge in [0, 0.05) is 12.6 Å². The van der Waals surface area contributed by atoms with Crippen LogP contribution in [0, 0.1) is 6.92 Å². The van der Waals surface area contributed by atoms with Crippen molar-refractivity contribution in [1.82, 2.24) is 4.90 Å². The number of carbonyl (C=O) groups is 1. The molecular weight excluding hydrogens is 224 g/mol. The monoisotopic (exact) mass is 239 g/mol. The van der Waals surface area contributed by atoms with Gasteiger partial charge in [0.25, 0.3) is 5.91 Å². The summed E-state index contributed by atoms with van der Waals surface area (Å²) < 4.78 is 24.9. The van der Waals surface area contributed by atoms with E-state index in [9.17, 15) is 13.6 Å². The van der Waals surface area contributed by atoms with Crippen LogP contribution in [0.15, 0.2) is 24.3 Å². The van der Waals surface area contributed by atoms with Crippen molar-refractivity contribution in [3.8, 4) is 0 Å². The van der Waals surface area contributed by atoms with Gasteiger partial charge in [0.1, 0.15) is 0 Å². The fourth-order valence-corrected chi connectivity index (χ4v) is 1.79. The lowest BCUT2D eigenvalue weighted by Crippen LogP contribution is -2.36. The first-order chi connectivity index (χ1) is 8.08. The third kappa shape index (κ3) is 3.02. The van der Waals surface area contributed by atoms with Crippen molar-refractivity contribution in [2.45, 2.75) is 38.8 Å². The molecule has 4 heteroatoms. The first-order valence-electron chi connectivity index (χ1n) is 5.72. The SMILES string of the molecule is Cc1ccc(CN(C(=O)C(F)F)C2CC2)cc1. The molecule has 1 aliphatic rings. The van der Waals surface area contributed by atoms with Crippen LogP contribution >= 0.6 is 0 Å². The number of hydrogen-bond donors (Lipinski definition) is 0. The van der Waals surface area contributed by atoms with Crippen LogP contribution in [-0.2, 0) is 11.3 Å². The molecule has 0 atom stereocenters. The zero-order valence-electron chi connectivity index (χ0n) is 9.70. The van der Waals surface area contributed by atoms with Crippen molar-refractivity contribution >= 4 is 5.91 Å². The van der Waals surface area contributed by atoms with Crippen LogP contribution in [0.5, 0.6) is 0 Å². The average Bonchev–Trinajstić information content (AvgIpc) is 3.11. The summed E-state index contributed by atoms with van der Waals surface area (Å²) in [5, 5.41) is 0. The molecular formula is C13H15F2NO. The van der Waals surface area contributed by atoms with E-state index < -0.39 is 12.3 Å². The average molecular weight is 239 g/mol. The maximum Gasteiger partial charge on any atom is 0.315 e. The maximum absolute atomic E-state index is 12.4. The summed E-state index contributed by atoms with van der Waals surface area (Å²) in [6, 6.07) is 7.62. The quantitative estimate of drug-likeness (QED) is 0.791. The Morgan fingerprint density at radius 1 is 1.35 bits per heavy atom. The van der Waals surface area contributed by atoms with E-state index in [1.165, 1.54) is 4.90 Å². The highest BCUT2D eigenvalue weighted by molar-refractivity contribution is 5.80. The number of nitrogens with zero attached hydrogens (tertiary/aromatic N) is 1. The van der Waals surface area contributed by atoms with Gasteiger partial charge >= 0.3 is 6.43 Å². The highest BCUT2D eigenvalue weighted by Gasteiger charge is 2.35. The van der Waals surface area contributed by atoms with Crippen molar-refractivity contribution in [1.29, 1.82) is 0 Å². The van der Waals surface area contributed by atoms with E-state index >= 15 is 0 Å². The molecule has 0 aromatic heterocycles. The molecule has 2 nitrogen and oxygen atoms in total. The summed E-state index contributed by atoms with van der Waals surface area (Å²) in [7, 11) is 0. The Kier molecular flexibility index (Phi) is 3.41. The minimum absolute atomic E-state index is 0.0119. The number of aryl methyl sites for hydroxylation is 1. The van der Waals surface area contributed by atoms with E-state index in [-0.39, 0.29) is 12.6 Å². The number of halogens is 2. The van der Waals surface area contributed by atoms with Gasteiger partial charge in [0.2, 0.25) is 0 Å². The molecule has 0 N–H and O–H groups in total. The van der Waals surface area contributed by atoms with Crippen molar-refractivity contribution in [3.63, 3.8) is 0 Å². The number of carbonyl (C=O) groups excluding carboxylic acids is 1. The molecule has 1 fully saturated rings. The topological polar surface area (TPSA) is 20.3 Å². The number of rotatable bonds is 4. The largest absolute Gasteiger partial charge is 0.330 e. The van der Waals surface area contributed by atoms with E-state index in [4.69, 9.17) is 0 Å². The summed E-state index contributed by atoms with van der Waals surface area (Å²) in [6.07, 6.45) is -1.23. The third-order valence-corrected chi connectivity index (χ3v) is 2.93. The molecule has 0 heterocycles. The second kappa shape index (κ2) is 4.82. The number of hydrogen-bond acceptors (Lipinski definition) is 1.